The van der Waals surface area contributed by atoms with Gasteiger partial charge in [0.1, 0.15) is 19.3 Å². The molecule has 6 nitrogen and oxygen atoms in total. The maximum Gasteiger partial charge on any atom is 0.326 e. The number of hydrogen-bond acceptors (Lipinski definition) is 4. The van der Waals surface area contributed by atoms with Crippen molar-refractivity contribution in [3.63, 3.8) is 0 Å². The summed E-state index contributed by atoms with van der Waals surface area (Å²) < 4.78 is 11.5. The van der Waals surface area contributed by atoms with E-state index in [4.69, 9.17) is 9.47 Å². The largest absolute Gasteiger partial charge is 0.486 e. The van der Waals surface area contributed by atoms with Crippen LogP contribution in [0.1, 0.15) is 36.5 Å². The van der Waals surface area contributed by atoms with Gasteiger partial charge in [0.15, 0.2) is 11.5 Å². The van der Waals surface area contributed by atoms with Crippen molar-refractivity contribution in [3.8, 4) is 11.5 Å². The molecule has 1 aromatic rings. The van der Waals surface area contributed by atoms with E-state index in [9.17, 15) is 14.7 Å². The molecule has 0 bridgehead atoms. The zero-order valence-electron chi connectivity index (χ0n) is 12.2. The van der Waals surface area contributed by atoms with Crippen LogP contribution >= 0.6 is 15.9 Å². The van der Waals surface area contributed by atoms with Gasteiger partial charge in [0.25, 0.3) is 5.91 Å². The summed E-state index contributed by atoms with van der Waals surface area (Å²) in [5.41, 5.74) is 0.332. The smallest absolute Gasteiger partial charge is 0.326 e. The van der Waals surface area contributed by atoms with Crippen LogP contribution in [0.3, 0.4) is 0 Å². The molecule has 0 unspecified atom stereocenters. The molecule has 2 N–H and O–H groups in total. The Kier molecular flexibility index (Phi) is 5.65. The first-order valence-corrected chi connectivity index (χ1v) is 7.95. The number of ether oxygens (including phenoxy) is 2. The van der Waals surface area contributed by atoms with Crippen LogP contribution in [0.25, 0.3) is 0 Å². The van der Waals surface area contributed by atoms with Crippen LogP contribution in [0.2, 0.25) is 0 Å². The van der Waals surface area contributed by atoms with Gasteiger partial charge in [-0.15, -0.1) is 0 Å². The number of hydrogen-bond donors (Lipinski definition) is 2. The van der Waals surface area contributed by atoms with Crippen LogP contribution in [0.5, 0.6) is 11.5 Å². The minimum Gasteiger partial charge on any atom is -0.486 e. The van der Waals surface area contributed by atoms with Crippen LogP contribution in [0.15, 0.2) is 16.6 Å². The lowest BCUT2D eigenvalue weighted by Gasteiger charge is -2.21. The molecule has 0 spiro atoms. The molecule has 1 amide bonds. The summed E-state index contributed by atoms with van der Waals surface area (Å²) in [6.45, 7) is 2.84. The topological polar surface area (TPSA) is 84.9 Å². The molecule has 1 aliphatic heterocycles. The maximum atomic E-state index is 12.3. The quantitative estimate of drug-likeness (QED) is 0.802. The van der Waals surface area contributed by atoms with Gasteiger partial charge in [0.2, 0.25) is 0 Å². The van der Waals surface area contributed by atoms with E-state index in [1.165, 1.54) is 0 Å². The molecule has 0 saturated heterocycles. The summed E-state index contributed by atoms with van der Waals surface area (Å²) in [6.07, 6.45) is 2.01. The second-order valence-corrected chi connectivity index (χ2v) is 5.84. The Morgan fingerprint density at radius 2 is 2.09 bits per heavy atom. The number of halogens is 1. The van der Waals surface area contributed by atoms with Crippen LogP contribution in [-0.2, 0) is 4.79 Å². The van der Waals surface area contributed by atoms with E-state index in [1.54, 1.807) is 12.1 Å². The van der Waals surface area contributed by atoms with Crippen LogP contribution in [0, 0.1) is 0 Å². The molecular formula is C15H18BrNO5. The number of carboxylic acids is 1. The standard InChI is InChI=1S/C15H18BrNO5/c1-2-3-4-11(15(19)20)17-14(18)9-7-10(16)13-12(8-9)21-5-6-22-13/h7-8,11H,2-6H2,1H3,(H,17,18)(H,19,20)/t11-/m0/s1. The lowest BCUT2D eigenvalue weighted by atomic mass is 10.1. The highest BCUT2D eigenvalue weighted by molar-refractivity contribution is 9.10. The molecule has 7 heteroatoms. The minimum atomic E-state index is -1.03. The third kappa shape index (κ3) is 3.91. The summed E-state index contributed by atoms with van der Waals surface area (Å²) in [6, 6.07) is 2.27. The highest BCUT2D eigenvalue weighted by atomic mass is 79.9. The number of carbonyl (C=O) groups is 2. The number of carbonyl (C=O) groups excluding carboxylic acids is 1. The lowest BCUT2D eigenvalue weighted by Crippen LogP contribution is -2.40. The molecule has 1 atom stereocenters. The van der Waals surface area contributed by atoms with Gasteiger partial charge in [-0.05, 0) is 34.5 Å². The van der Waals surface area contributed by atoms with Crippen LogP contribution < -0.4 is 14.8 Å². The summed E-state index contributed by atoms with van der Waals surface area (Å²) in [5.74, 6) is -0.436. The normalized spacial score (nSPS) is 14.3. The summed E-state index contributed by atoms with van der Waals surface area (Å²) >= 11 is 3.34. The molecule has 1 aromatic carbocycles. The van der Waals surface area contributed by atoms with Crippen LogP contribution in [-0.4, -0.2) is 36.2 Å². The van der Waals surface area contributed by atoms with Crippen molar-refractivity contribution >= 4 is 27.8 Å². The fourth-order valence-corrected chi connectivity index (χ4v) is 2.71. The maximum absolute atomic E-state index is 12.3. The van der Waals surface area contributed by atoms with Gasteiger partial charge in [-0.25, -0.2) is 4.79 Å². The Morgan fingerprint density at radius 3 is 2.77 bits per heavy atom. The first-order chi connectivity index (χ1) is 10.5. The summed E-state index contributed by atoms with van der Waals surface area (Å²) in [4.78, 5) is 23.5. The van der Waals surface area contributed by atoms with E-state index in [1.807, 2.05) is 6.92 Å². The first-order valence-electron chi connectivity index (χ1n) is 7.15. The van der Waals surface area contributed by atoms with E-state index in [0.29, 0.717) is 41.2 Å². The summed E-state index contributed by atoms with van der Waals surface area (Å²) in [7, 11) is 0. The number of fused-ring (bicyclic) bond motifs is 1. The second kappa shape index (κ2) is 7.49. The Labute approximate surface area is 136 Å². The van der Waals surface area contributed by atoms with Crippen molar-refractivity contribution in [1.82, 2.24) is 5.32 Å². The Bertz CT molecular complexity index is 575. The zero-order chi connectivity index (χ0) is 16.1. The van der Waals surface area contributed by atoms with Gasteiger partial charge in [-0.1, -0.05) is 19.8 Å². The van der Waals surface area contributed by atoms with Gasteiger partial charge in [0, 0.05) is 5.56 Å². The van der Waals surface area contributed by atoms with E-state index < -0.39 is 17.9 Å². The van der Waals surface area contributed by atoms with Crippen LogP contribution in [0.4, 0.5) is 0 Å². The number of carboxylic acid groups (broad SMARTS) is 1. The number of rotatable bonds is 6. The first kappa shape index (κ1) is 16.6. The third-order valence-electron chi connectivity index (χ3n) is 3.31. The average molecular weight is 372 g/mol. The molecule has 1 aliphatic rings. The van der Waals surface area contributed by atoms with E-state index in [2.05, 4.69) is 21.2 Å². The molecule has 22 heavy (non-hydrogen) atoms. The van der Waals surface area contributed by atoms with Crippen molar-refractivity contribution in [2.45, 2.75) is 32.2 Å². The molecule has 0 radical (unpaired) electrons. The molecule has 0 aromatic heterocycles. The van der Waals surface area contributed by atoms with E-state index in [-0.39, 0.29) is 0 Å². The Morgan fingerprint density at radius 1 is 1.36 bits per heavy atom. The molecule has 0 fully saturated rings. The third-order valence-corrected chi connectivity index (χ3v) is 3.90. The molecule has 0 saturated carbocycles. The predicted octanol–water partition coefficient (Wildman–Crippen LogP) is 2.59. The summed E-state index contributed by atoms with van der Waals surface area (Å²) in [5, 5.41) is 11.7. The van der Waals surface area contributed by atoms with Gasteiger partial charge in [-0.3, -0.25) is 4.79 Å². The van der Waals surface area contributed by atoms with Gasteiger partial charge in [-0.2, -0.15) is 0 Å². The van der Waals surface area contributed by atoms with Crippen molar-refractivity contribution in [3.05, 3.63) is 22.2 Å². The van der Waals surface area contributed by atoms with Gasteiger partial charge < -0.3 is 19.9 Å². The average Bonchev–Trinajstić information content (AvgIpc) is 2.50. The monoisotopic (exact) mass is 371 g/mol. The van der Waals surface area contributed by atoms with Crippen molar-refractivity contribution in [2.75, 3.05) is 13.2 Å². The second-order valence-electron chi connectivity index (χ2n) is 4.99. The van der Waals surface area contributed by atoms with Gasteiger partial charge >= 0.3 is 5.97 Å². The molecular weight excluding hydrogens is 354 g/mol. The SMILES string of the molecule is CCCC[C@H](NC(=O)c1cc(Br)c2c(c1)OCCO2)C(=O)O. The van der Waals surface area contributed by atoms with Gasteiger partial charge in [0.05, 0.1) is 4.47 Å². The predicted molar refractivity (Wildman–Crippen MR) is 83.5 cm³/mol. The van der Waals surface area contributed by atoms with Crippen molar-refractivity contribution in [2.24, 2.45) is 0 Å². The Balaban J connectivity index is 2.15. The molecule has 0 aliphatic carbocycles. The van der Waals surface area contributed by atoms with Crippen molar-refractivity contribution < 1.29 is 24.2 Å². The van der Waals surface area contributed by atoms with E-state index in [0.717, 1.165) is 12.8 Å². The molecule has 120 valence electrons. The lowest BCUT2D eigenvalue weighted by molar-refractivity contribution is -0.139. The van der Waals surface area contributed by atoms with E-state index >= 15 is 0 Å². The highest BCUT2D eigenvalue weighted by Crippen LogP contribution is 2.38. The number of aliphatic carboxylic acids is 1. The fraction of sp³-hybridized carbons (Fsp3) is 0.467. The number of nitrogens with one attached hydrogen (secondary N) is 1. The highest BCUT2D eigenvalue weighted by Gasteiger charge is 2.23. The Hall–Kier alpha value is -1.76. The minimum absolute atomic E-state index is 0.332. The fourth-order valence-electron chi connectivity index (χ4n) is 2.15. The van der Waals surface area contributed by atoms with Crippen molar-refractivity contribution in [1.29, 1.82) is 0 Å². The zero-order valence-corrected chi connectivity index (χ0v) is 13.8. The number of unbranched alkanes of at least 4 members (excludes halogenated alkanes) is 1. The number of benzene rings is 1. The molecule has 1 heterocycles. The number of amides is 1. The molecule has 2 rings (SSSR count).